The molecule has 1 heterocycles. The maximum atomic E-state index is 14.3. The maximum Gasteiger partial charge on any atom is 0.339 e. The van der Waals surface area contributed by atoms with E-state index < -0.39 is 55.2 Å². The van der Waals surface area contributed by atoms with E-state index in [1.54, 1.807) is 6.07 Å². The fourth-order valence-corrected chi connectivity index (χ4v) is 4.59. The van der Waals surface area contributed by atoms with Crippen molar-refractivity contribution < 1.29 is 35.3 Å². The summed E-state index contributed by atoms with van der Waals surface area (Å²) in [6, 6.07) is 10.1. The Labute approximate surface area is 197 Å². The highest BCUT2D eigenvalue weighted by Gasteiger charge is 2.29. The summed E-state index contributed by atoms with van der Waals surface area (Å²) in [5.41, 5.74) is -1.17. The molecular weight excluding hydrogens is 546 g/mol. The highest BCUT2D eigenvalue weighted by molar-refractivity contribution is 9.10. The molecule has 0 fully saturated rings. The van der Waals surface area contributed by atoms with Crippen LogP contribution in [0.5, 0.6) is 11.5 Å². The Hall–Kier alpha value is -3.38. The lowest BCUT2D eigenvalue weighted by molar-refractivity contribution is 0.383. The van der Waals surface area contributed by atoms with Crippen LogP contribution >= 0.6 is 15.9 Å². The van der Waals surface area contributed by atoms with Gasteiger partial charge in [0.15, 0.2) is 17.5 Å². The highest BCUT2D eigenvalue weighted by atomic mass is 79.9. The van der Waals surface area contributed by atoms with E-state index in [1.807, 2.05) is 0 Å². The molecule has 1 aromatic heterocycles. The van der Waals surface area contributed by atoms with Crippen LogP contribution in [0.15, 0.2) is 62.7 Å². The first kappa shape index (κ1) is 23.8. The fraction of sp³-hybridized carbons (Fsp3) is 0.0455. The summed E-state index contributed by atoms with van der Waals surface area (Å²) in [6.45, 7) is 0.791. The molecule has 0 atom stereocenters. The molecule has 0 unspecified atom stereocenters. The molecule has 12 heteroatoms. The number of nitrogens with zero attached hydrogens (tertiary/aromatic N) is 1. The van der Waals surface area contributed by atoms with Gasteiger partial charge in [-0.2, -0.15) is 12.8 Å². The molecule has 0 saturated carbocycles. The number of hydrogen-bond acceptors (Lipinski definition) is 5. The number of phenolic OH excluding ortho intramolecular Hbond substituents is 1. The van der Waals surface area contributed by atoms with Crippen molar-refractivity contribution in [1.82, 2.24) is 4.57 Å². The molecule has 0 saturated heterocycles. The van der Waals surface area contributed by atoms with Crippen LogP contribution in [0.3, 0.4) is 0 Å². The van der Waals surface area contributed by atoms with Gasteiger partial charge in [0.2, 0.25) is 11.6 Å². The van der Waals surface area contributed by atoms with Gasteiger partial charge < -0.3 is 9.29 Å². The first-order valence-electron chi connectivity index (χ1n) is 9.34. The number of fused-ring (bicyclic) bond motifs is 1. The van der Waals surface area contributed by atoms with Gasteiger partial charge in [0.05, 0.1) is 11.2 Å². The zero-order valence-corrected chi connectivity index (χ0v) is 19.3. The van der Waals surface area contributed by atoms with Crippen LogP contribution in [0.25, 0.3) is 16.6 Å². The monoisotopic (exact) mass is 557 g/mol. The molecule has 0 aliphatic rings. The largest absolute Gasteiger partial charge is 0.506 e. The molecule has 0 spiro atoms. The quantitative estimate of drug-likeness (QED) is 0.163. The Morgan fingerprint density at radius 2 is 1.62 bits per heavy atom. The van der Waals surface area contributed by atoms with Gasteiger partial charge in [0.1, 0.15) is 10.6 Å². The average Bonchev–Trinajstić information content (AvgIpc) is 2.79. The number of benzene rings is 3. The van der Waals surface area contributed by atoms with Crippen LogP contribution in [-0.2, 0) is 10.1 Å². The Morgan fingerprint density at radius 3 is 2.29 bits per heavy atom. The number of hydrogen-bond donors (Lipinski definition) is 1. The van der Waals surface area contributed by atoms with Gasteiger partial charge in [-0.15, -0.1) is 0 Å². The van der Waals surface area contributed by atoms with E-state index in [-0.39, 0.29) is 22.3 Å². The van der Waals surface area contributed by atoms with Gasteiger partial charge >= 0.3 is 10.1 Å². The molecule has 3 aromatic carbocycles. The van der Waals surface area contributed by atoms with E-state index >= 15 is 0 Å². The van der Waals surface area contributed by atoms with Gasteiger partial charge in [0.25, 0.3) is 5.56 Å². The first-order valence-corrected chi connectivity index (χ1v) is 11.5. The van der Waals surface area contributed by atoms with Gasteiger partial charge in [-0.25, -0.2) is 13.2 Å². The van der Waals surface area contributed by atoms with E-state index in [9.17, 15) is 35.9 Å². The fourth-order valence-electron chi connectivity index (χ4n) is 3.27. The second-order valence-electron chi connectivity index (χ2n) is 7.11. The smallest absolute Gasteiger partial charge is 0.339 e. The van der Waals surface area contributed by atoms with Gasteiger partial charge in [0, 0.05) is 21.5 Å². The van der Waals surface area contributed by atoms with Crippen molar-refractivity contribution in [3.05, 3.63) is 92.2 Å². The Kier molecular flexibility index (Phi) is 5.90. The summed E-state index contributed by atoms with van der Waals surface area (Å²) < 4.78 is 87.0. The van der Waals surface area contributed by atoms with Crippen LogP contribution < -0.4 is 9.74 Å². The van der Waals surface area contributed by atoms with Crippen molar-refractivity contribution in [2.45, 2.75) is 11.8 Å². The summed E-state index contributed by atoms with van der Waals surface area (Å²) in [5, 5.41) is 10.4. The number of aromatic hydroxyl groups is 1. The minimum absolute atomic E-state index is 0.118. The molecule has 0 bridgehead atoms. The second kappa shape index (κ2) is 8.44. The molecule has 0 amide bonds. The third-order valence-corrected chi connectivity index (χ3v) is 6.68. The SMILES string of the molecule is Cc1c(F)c(F)c(F)c(OS(=O)(=O)c2ccc3c(ccc(=O)n3-c3ccc(Br)cc3O)c2)c1F. The van der Waals surface area contributed by atoms with Gasteiger partial charge in [-0.3, -0.25) is 9.36 Å². The summed E-state index contributed by atoms with van der Waals surface area (Å²) in [7, 11) is -4.91. The van der Waals surface area contributed by atoms with E-state index in [0.717, 1.165) is 29.7 Å². The molecule has 34 heavy (non-hydrogen) atoms. The summed E-state index contributed by atoms with van der Waals surface area (Å²) >= 11 is 3.19. The minimum Gasteiger partial charge on any atom is -0.506 e. The standard InChI is InChI=1S/C22H12BrF4NO5S/c1-10-18(24)20(26)21(27)22(19(10)25)33-34(31,32)13-4-6-14-11(8-13)2-7-17(30)28(14)15-5-3-12(23)9-16(15)29/h2-9,29H,1H3. The third kappa shape index (κ3) is 3.92. The second-order valence-corrected chi connectivity index (χ2v) is 9.57. The molecule has 4 aromatic rings. The van der Waals surface area contributed by atoms with Crippen molar-refractivity contribution in [2.24, 2.45) is 0 Å². The molecule has 1 N–H and O–H groups in total. The third-order valence-electron chi connectivity index (χ3n) is 4.97. The number of rotatable bonds is 4. The average molecular weight is 558 g/mol. The molecule has 6 nitrogen and oxygen atoms in total. The normalized spacial score (nSPS) is 11.7. The minimum atomic E-state index is -4.91. The molecular formula is C22H12BrF4NO5S. The number of halogens is 5. The van der Waals surface area contributed by atoms with Crippen molar-refractivity contribution in [1.29, 1.82) is 0 Å². The number of phenols is 1. The molecule has 0 aliphatic heterocycles. The van der Waals surface area contributed by atoms with E-state index in [4.69, 9.17) is 0 Å². The first-order chi connectivity index (χ1) is 15.9. The van der Waals surface area contributed by atoms with Crippen molar-refractivity contribution in [3.8, 4) is 17.2 Å². The zero-order valence-electron chi connectivity index (χ0n) is 16.9. The van der Waals surface area contributed by atoms with Crippen LogP contribution in [0.4, 0.5) is 17.6 Å². The van der Waals surface area contributed by atoms with Crippen molar-refractivity contribution in [3.63, 3.8) is 0 Å². The summed E-state index contributed by atoms with van der Waals surface area (Å²) in [5.74, 6) is -9.57. The number of aromatic nitrogens is 1. The molecule has 4 rings (SSSR count). The molecule has 176 valence electrons. The van der Waals surface area contributed by atoms with Crippen molar-refractivity contribution in [2.75, 3.05) is 0 Å². The van der Waals surface area contributed by atoms with Gasteiger partial charge in [-0.05, 0) is 49.4 Å². The Balaban J connectivity index is 1.84. The van der Waals surface area contributed by atoms with E-state index in [0.29, 0.717) is 4.47 Å². The number of pyridine rings is 1. The molecule has 0 aliphatic carbocycles. The summed E-state index contributed by atoms with van der Waals surface area (Å²) in [6.07, 6.45) is 0. The topological polar surface area (TPSA) is 85.6 Å². The lowest BCUT2D eigenvalue weighted by Gasteiger charge is -2.14. The Morgan fingerprint density at radius 1 is 0.912 bits per heavy atom. The lowest BCUT2D eigenvalue weighted by atomic mass is 10.2. The van der Waals surface area contributed by atoms with Crippen LogP contribution in [0.2, 0.25) is 0 Å². The van der Waals surface area contributed by atoms with Crippen LogP contribution in [0.1, 0.15) is 5.56 Å². The van der Waals surface area contributed by atoms with Crippen LogP contribution in [-0.4, -0.2) is 18.1 Å². The van der Waals surface area contributed by atoms with E-state index in [1.165, 1.54) is 24.3 Å². The highest BCUT2D eigenvalue weighted by Crippen LogP contribution is 2.33. The molecule has 0 radical (unpaired) electrons. The van der Waals surface area contributed by atoms with E-state index in [2.05, 4.69) is 20.1 Å². The van der Waals surface area contributed by atoms with Gasteiger partial charge in [-0.1, -0.05) is 15.9 Å². The zero-order chi connectivity index (χ0) is 24.9. The lowest BCUT2D eigenvalue weighted by Crippen LogP contribution is -2.18. The maximum absolute atomic E-state index is 14.3. The predicted molar refractivity (Wildman–Crippen MR) is 118 cm³/mol. The van der Waals surface area contributed by atoms with Crippen LogP contribution in [0, 0.1) is 30.2 Å². The Bertz CT molecular complexity index is 1620. The summed E-state index contributed by atoms with van der Waals surface area (Å²) in [4.78, 5) is 11.9. The predicted octanol–water partition coefficient (Wildman–Crippen LogP) is 5.09. The van der Waals surface area contributed by atoms with Crippen molar-refractivity contribution >= 4 is 37.0 Å².